The number of piperidine rings is 1. The fourth-order valence-electron chi connectivity index (χ4n) is 3.39. The Morgan fingerprint density at radius 2 is 2.00 bits per heavy atom. The Morgan fingerprint density at radius 3 is 2.62 bits per heavy atom. The average molecular weight is 371 g/mol. The van der Waals surface area contributed by atoms with Crippen molar-refractivity contribution in [1.29, 1.82) is 0 Å². The fourth-order valence-corrected chi connectivity index (χ4v) is 3.39. The van der Waals surface area contributed by atoms with E-state index in [1.165, 1.54) is 0 Å². The first-order valence-electron chi connectivity index (χ1n) is 8.27. The van der Waals surface area contributed by atoms with Gasteiger partial charge in [-0.15, -0.1) is 0 Å². The Hall–Kier alpha value is -1.97. The Kier molecular flexibility index (Phi) is 5.31. The molecule has 0 saturated carbocycles. The summed E-state index contributed by atoms with van der Waals surface area (Å²) in [5.41, 5.74) is 0.173. The highest BCUT2D eigenvalue weighted by Crippen LogP contribution is 2.34. The van der Waals surface area contributed by atoms with Crippen molar-refractivity contribution in [3.63, 3.8) is 0 Å². The number of aromatic nitrogens is 2. The third kappa shape index (κ3) is 4.05. The maximum Gasteiger partial charge on any atom is 0.455 e. The summed E-state index contributed by atoms with van der Waals surface area (Å²) < 4.78 is 42.5. The molecule has 1 aliphatic heterocycles. The minimum Gasteiger partial charge on any atom is -0.396 e. The zero-order valence-electron chi connectivity index (χ0n) is 14.0. The van der Waals surface area contributed by atoms with Crippen molar-refractivity contribution in [2.75, 3.05) is 19.7 Å². The van der Waals surface area contributed by atoms with E-state index in [1.54, 1.807) is 0 Å². The zero-order valence-corrected chi connectivity index (χ0v) is 14.0. The van der Waals surface area contributed by atoms with E-state index >= 15 is 0 Å². The largest absolute Gasteiger partial charge is 0.455 e. The van der Waals surface area contributed by atoms with Gasteiger partial charge in [-0.2, -0.15) is 18.2 Å². The van der Waals surface area contributed by atoms with Crippen LogP contribution in [0.4, 0.5) is 13.2 Å². The molecule has 0 unspecified atom stereocenters. The van der Waals surface area contributed by atoms with Crippen LogP contribution >= 0.6 is 0 Å². The Balaban J connectivity index is 1.73. The van der Waals surface area contributed by atoms with E-state index in [-0.39, 0.29) is 19.0 Å². The lowest BCUT2D eigenvalue weighted by Crippen LogP contribution is -2.54. The summed E-state index contributed by atoms with van der Waals surface area (Å²) in [6.45, 7) is 0.564. The van der Waals surface area contributed by atoms with Gasteiger partial charge in [0.05, 0.1) is 19.3 Å². The van der Waals surface area contributed by atoms with E-state index in [1.807, 2.05) is 35.2 Å². The van der Waals surface area contributed by atoms with Crippen LogP contribution in [-0.2, 0) is 19.1 Å². The summed E-state index contributed by atoms with van der Waals surface area (Å²) in [6, 6.07) is 9.47. The average Bonchev–Trinajstić information content (AvgIpc) is 3.08. The monoisotopic (exact) mass is 371 g/mol. The molecule has 1 aromatic carbocycles. The molecule has 2 heterocycles. The number of benzene rings is 1. The smallest absolute Gasteiger partial charge is 0.396 e. The lowest BCUT2D eigenvalue weighted by atomic mass is 9.73. The van der Waals surface area contributed by atoms with Crippen LogP contribution in [-0.4, -0.2) is 51.1 Å². The number of hydrogen-bond donors (Lipinski definition) is 2. The van der Waals surface area contributed by atoms with Gasteiger partial charge in [0.15, 0.2) is 0 Å². The highest BCUT2D eigenvalue weighted by molar-refractivity contribution is 5.18. The molecule has 1 aliphatic rings. The number of likely N-dealkylation sites (tertiary alicyclic amines) is 1. The van der Waals surface area contributed by atoms with E-state index in [9.17, 15) is 23.4 Å². The van der Waals surface area contributed by atoms with Crippen LogP contribution in [0.5, 0.6) is 0 Å². The standard InChI is InChI=1S/C17H20F3N3O3/c18-17(19,20)15-21-14(26-22-15)9-23-7-6-13(25)16(10-23,11-24)8-12-4-2-1-3-5-12/h1-5,13,24-25H,6-11H2/t13-,16+/m0/s1. The third-order valence-electron chi connectivity index (χ3n) is 4.76. The molecule has 6 nitrogen and oxygen atoms in total. The van der Waals surface area contributed by atoms with Crippen molar-refractivity contribution in [2.45, 2.75) is 31.7 Å². The molecule has 0 spiro atoms. The molecule has 1 aromatic heterocycles. The molecular weight excluding hydrogens is 351 g/mol. The van der Waals surface area contributed by atoms with Gasteiger partial charge in [-0.3, -0.25) is 4.90 Å². The van der Waals surface area contributed by atoms with Gasteiger partial charge in [0, 0.05) is 18.5 Å². The summed E-state index contributed by atoms with van der Waals surface area (Å²) in [5, 5.41) is 23.4. The van der Waals surface area contributed by atoms with Crippen molar-refractivity contribution in [1.82, 2.24) is 15.0 Å². The van der Waals surface area contributed by atoms with Crippen LogP contribution in [0.25, 0.3) is 0 Å². The van der Waals surface area contributed by atoms with Crippen molar-refractivity contribution < 1.29 is 27.9 Å². The second kappa shape index (κ2) is 7.34. The molecule has 2 N–H and O–H groups in total. The third-order valence-corrected chi connectivity index (χ3v) is 4.76. The van der Waals surface area contributed by atoms with Crippen LogP contribution < -0.4 is 0 Å². The molecular formula is C17H20F3N3O3. The number of hydrogen-bond acceptors (Lipinski definition) is 6. The molecule has 142 valence electrons. The lowest BCUT2D eigenvalue weighted by Gasteiger charge is -2.45. The summed E-state index contributed by atoms with van der Waals surface area (Å²) >= 11 is 0. The van der Waals surface area contributed by atoms with E-state index in [0.717, 1.165) is 5.56 Å². The summed E-state index contributed by atoms with van der Waals surface area (Å²) in [5.74, 6) is -1.44. The van der Waals surface area contributed by atoms with Gasteiger partial charge >= 0.3 is 6.18 Å². The molecule has 26 heavy (non-hydrogen) atoms. The Bertz CT molecular complexity index is 723. The molecule has 0 aliphatic carbocycles. The first-order chi connectivity index (χ1) is 12.3. The predicted molar refractivity (Wildman–Crippen MR) is 84.9 cm³/mol. The van der Waals surface area contributed by atoms with Gasteiger partial charge < -0.3 is 14.7 Å². The molecule has 9 heteroatoms. The minimum absolute atomic E-state index is 0.0341. The van der Waals surface area contributed by atoms with Gasteiger partial charge in [-0.05, 0) is 18.4 Å². The Morgan fingerprint density at radius 1 is 1.27 bits per heavy atom. The van der Waals surface area contributed by atoms with E-state index in [0.29, 0.717) is 25.9 Å². The van der Waals surface area contributed by atoms with Crippen LogP contribution in [0.2, 0.25) is 0 Å². The van der Waals surface area contributed by atoms with Crippen molar-refractivity contribution in [3.05, 3.63) is 47.6 Å². The molecule has 1 fully saturated rings. The molecule has 2 atom stereocenters. The lowest BCUT2D eigenvalue weighted by molar-refractivity contribution is -0.146. The SMILES string of the molecule is OC[C@@]1(Cc2ccccc2)CN(Cc2nc(C(F)(F)F)no2)CC[C@@H]1O. The quantitative estimate of drug-likeness (QED) is 0.835. The van der Waals surface area contributed by atoms with E-state index < -0.39 is 23.5 Å². The first-order valence-corrected chi connectivity index (χ1v) is 8.27. The van der Waals surface area contributed by atoms with E-state index in [4.69, 9.17) is 4.52 Å². The first kappa shape index (κ1) is 18.8. The topological polar surface area (TPSA) is 82.6 Å². The normalized spacial score (nSPS) is 24.7. The maximum atomic E-state index is 12.6. The fraction of sp³-hybridized carbons (Fsp3) is 0.529. The molecule has 3 rings (SSSR count). The second-order valence-electron chi connectivity index (χ2n) is 6.71. The number of nitrogens with zero attached hydrogens (tertiary/aromatic N) is 3. The maximum absolute atomic E-state index is 12.6. The van der Waals surface area contributed by atoms with Crippen LogP contribution in [0, 0.1) is 5.41 Å². The number of aliphatic hydroxyl groups is 2. The molecule has 2 aromatic rings. The molecule has 0 radical (unpaired) electrons. The van der Waals surface area contributed by atoms with Gasteiger partial charge in [0.1, 0.15) is 0 Å². The van der Waals surface area contributed by atoms with Crippen molar-refractivity contribution in [3.8, 4) is 0 Å². The van der Waals surface area contributed by atoms with Crippen molar-refractivity contribution >= 4 is 0 Å². The molecule has 0 amide bonds. The van der Waals surface area contributed by atoms with E-state index in [2.05, 4.69) is 10.1 Å². The van der Waals surface area contributed by atoms with Gasteiger partial charge in [0.2, 0.25) is 5.89 Å². The summed E-state index contributed by atoms with van der Waals surface area (Å²) in [7, 11) is 0. The highest BCUT2D eigenvalue weighted by Gasteiger charge is 2.43. The van der Waals surface area contributed by atoms with Crippen molar-refractivity contribution in [2.24, 2.45) is 5.41 Å². The minimum atomic E-state index is -4.65. The summed E-state index contributed by atoms with van der Waals surface area (Å²) in [6.07, 6.45) is -4.51. The number of alkyl halides is 3. The second-order valence-corrected chi connectivity index (χ2v) is 6.71. The van der Waals surface area contributed by atoms with Gasteiger partial charge in [-0.25, -0.2) is 0 Å². The number of rotatable bonds is 5. The molecule has 0 bridgehead atoms. The number of halogens is 3. The number of aliphatic hydroxyl groups excluding tert-OH is 2. The molecule has 1 saturated heterocycles. The van der Waals surface area contributed by atoms with Crippen LogP contribution in [0.3, 0.4) is 0 Å². The summed E-state index contributed by atoms with van der Waals surface area (Å²) in [4.78, 5) is 5.20. The zero-order chi connectivity index (χ0) is 18.8. The van der Waals surface area contributed by atoms with Gasteiger partial charge in [0.25, 0.3) is 5.82 Å². The van der Waals surface area contributed by atoms with Crippen LogP contribution in [0.1, 0.15) is 23.7 Å². The Labute approximate surface area is 148 Å². The van der Waals surface area contributed by atoms with Gasteiger partial charge in [-0.1, -0.05) is 35.5 Å². The predicted octanol–water partition coefficient (Wildman–Crippen LogP) is 1.88. The van der Waals surface area contributed by atoms with Crippen LogP contribution in [0.15, 0.2) is 34.9 Å². The highest BCUT2D eigenvalue weighted by atomic mass is 19.4.